The predicted octanol–water partition coefficient (Wildman–Crippen LogP) is 3.04. The van der Waals surface area contributed by atoms with E-state index in [4.69, 9.17) is 11.6 Å². The van der Waals surface area contributed by atoms with Gasteiger partial charge in [-0.2, -0.15) is 5.10 Å². The third-order valence-corrected chi connectivity index (χ3v) is 2.37. The number of benzene rings is 1. The zero-order valence-electron chi connectivity index (χ0n) is 8.68. The van der Waals surface area contributed by atoms with Crippen LogP contribution in [0.25, 0.3) is 5.69 Å². The van der Waals surface area contributed by atoms with Gasteiger partial charge in [-0.1, -0.05) is 25.4 Å². The summed E-state index contributed by atoms with van der Waals surface area (Å²) >= 11 is 5.81. The highest BCUT2D eigenvalue weighted by Gasteiger charge is 2.05. The van der Waals surface area contributed by atoms with Crippen LogP contribution in [-0.4, -0.2) is 14.8 Å². The number of rotatable bonds is 2. The summed E-state index contributed by atoms with van der Waals surface area (Å²) in [6.45, 7) is 4.14. The molecule has 15 heavy (non-hydrogen) atoms. The first-order valence-corrected chi connectivity index (χ1v) is 5.22. The van der Waals surface area contributed by atoms with Crippen molar-refractivity contribution in [2.45, 2.75) is 19.8 Å². The molecule has 0 radical (unpaired) electrons. The van der Waals surface area contributed by atoms with Crippen LogP contribution in [0.5, 0.6) is 0 Å². The lowest BCUT2D eigenvalue weighted by molar-refractivity contribution is 0.754. The number of aromatic nitrogens is 3. The quantitative estimate of drug-likeness (QED) is 0.781. The van der Waals surface area contributed by atoms with Gasteiger partial charge in [-0.25, -0.2) is 9.67 Å². The van der Waals surface area contributed by atoms with Crippen molar-refractivity contribution in [1.82, 2.24) is 14.8 Å². The van der Waals surface area contributed by atoms with Gasteiger partial charge in [-0.05, 0) is 24.3 Å². The van der Waals surface area contributed by atoms with E-state index in [1.807, 2.05) is 24.3 Å². The van der Waals surface area contributed by atoms with E-state index in [9.17, 15) is 0 Å². The SMILES string of the molecule is CC(C)c1ncn(-c2ccc(Cl)cc2)n1. The van der Waals surface area contributed by atoms with Crippen molar-refractivity contribution in [2.75, 3.05) is 0 Å². The molecule has 0 aliphatic heterocycles. The normalized spacial score (nSPS) is 10.9. The van der Waals surface area contributed by atoms with Gasteiger partial charge in [0.15, 0.2) is 5.82 Å². The average molecular weight is 222 g/mol. The first kappa shape index (κ1) is 10.2. The molecular formula is C11H12ClN3. The highest BCUT2D eigenvalue weighted by atomic mass is 35.5. The van der Waals surface area contributed by atoms with Crippen molar-refractivity contribution in [3.8, 4) is 5.69 Å². The lowest BCUT2D eigenvalue weighted by Gasteiger charge is -2.00. The Hall–Kier alpha value is -1.35. The standard InChI is InChI=1S/C11H12ClN3/c1-8(2)11-13-7-15(14-11)10-5-3-9(12)4-6-10/h3-8H,1-2H3. The van der Waals surface area contributed by atoms with Gasteiger partial charge in [0.2, 0.25) is 0 Å². The van der Waals surface area contributed by atoms with E-state index in [2.05, 4.69) is 23.9 Å². The molecule has 0 atom stereocenters. The van der Waals surface area contributed by atoms with Crippen LogP contribution in [0.3, 0.4) is 0 Å². The van der Waals surface area contributed by atoms with E-state index in [0.717, 1.165) is 16.5 Å². The molecule has 0 aliphatic carbocycles. The highest BCUT2D eigenvalue weighted by molar-refractivity contribution is 6.30. The summed E-state index contributed by atoms with van der Waals surface area (Å²) in [7, 11) is 0. The maximum atomic E-state index is 5.81. The zero-order chi connectivity index (χ0) is 10.8. The molecule has 1 aromatic carbocycles. The molecule has 2 rings (SSSR count). The summed E-state index contributed by atoms with van der Waals surface area (Å²) in [5.41, 5.74) is 0.971. The van der Waals surface area contributed by atoms with Crippen molar-refractivity contribution in [1.29, 1.82) is 0 Å². The van der Waals surface area contributed by atoms with E-state index in [0.29, 0.717) is 5.92 Å². The molecule has 0 unspecified atom stereocenters. The van der Waals surface area contributed by atoms with Crippen LogP contribution in [0.2, 0.25) is 5.02 Å². The Morgan fingerprint density at radius 2 is 1.87 bits per heavy atom. The molecule has 0 spiro atoms. The zero-order valence-corrected chi connectivity index (χ0v) is 9.44. The van der Waals surface area contributed by atoms with Crippen molar-refractivity contribution < 1.29 is 0 Å². The van der Waals surface area contributed by atoms with Gasteiger partial charge >= 0.3 is 0 Å². The van der Waals surface area contributed by atoms with Crippen molar-refractivity contribution in [3.05, 3.63) is 41.4 Å². The molecule has 0 fully saturated rings. The van der Waals surface area contributed by atoms with Crippen LogP contribution >= 0.6 is 11.6 Å². The topological polar surface area (TPSA) is 30.7 Å². The molecule has 2 aromatic rings. The molecule has 4 heteroatoms. The molecule has 0 N–H and O–H groups in total. The van der Waals surface area contributed by atoms with Gasteiger partial charge < -0.3 is 0 Å². The second-order valence-electron chi connectivity index (χ2n) is 3.68. The van der Waals surface area contributed by atoms with Crippen molar-refractivity contribution in [2.24, 2.45) is 0 Å². The second-order valence-corrected chi connectivity index (χ2v) is 4.11. The monoisotopic (exact) mass is 221 g/mol. The van der Waals surface area contributed by atoms with Crippen LogP contribution in [0.15, 0.2) is 30.6 Å². The molecule has 1 aromatic heterocycles. The van der Waals surface area contributed by atoms with Crippen LogP contribution in [0.1, 0.15) is 25.6 Å². The Balaban J connectivity index is 2.33. The van der Waals surface area contributed by atoms with E-state index < -0.39 is 0 Å². The fraction of sp³-hybridized carbons (Fsp3) is 0.273. The number of hydrogen-bond donors (Lipinski definition) is 0. The van der Waals surface area contributed by atoms with Crippen LogP contribution in [0.4, 0.5) is 0 Å². The summed E-state index contributed by atoms with van der Waals surface area (Å²) in [6.07, 6.45) is 1.72. The molecule has 0 saturated heterocycles. The Morgan fingerprint density at radius 3 is 2.40 bits per heavy atom. The van der Waals surface area contributed by atoms with E-state index in [1.165, 1.54) is 0 Å². The van der Waals surface area contributed by atoms with Gasteiger partial charge in [0, 0.05) is 10.9 Å². The molecule has 0 amide bonds. The Kier molecular flexibility index (Phi) is 2.73. The first-order valence-electron chi connectivity index (χ1n) is 4.84. The summed E-state index contributed by atoms with van der Waals surface area (Å²) in [5.74, 6) is 1.20. The maximum Gasteiger partial charge on any atom is 0.153 e. The Morgan fingerprint density at radius 1 is 1.20 bits per heavy atom. The Bertz CT molecular complexity index is 445. The molecule has 3 nitrogen and oxygen atoms in total. The molecule has 0 aliphatic rings. The predicted molar refractivity (Wildman–Crippen MR) is 60.5 cm³/mol. The second kappa shape index (κ2) is 4.03. The maximum absolute atomic E-state index is 5.81. The van der Waals surface area contributed by atoms with Gasteiger partial charge in [0.05, 0.1) is 5.69 Å². The third kappa shape index (κ3) is 2.18. The largest absolute Gasteiger partial charge is 0.221 e. The molecule has 78 valence electrons. The van der Waals surface area contributed by atoms with Crippen molar-refractivity contribution >= 4 is 11.6 Å². The number of halogens is 1. The summed E-state index contributed by atoms with van der Waals surface area (Å²) < 4.78 is 1.76. The minimum absolute atomic E-state index is 0.346. The van der Waals surface area contributed by atoms with E-state index >= 15 is 0 Å². The van der Waals surface area contributed by atoms with Crippen LogP contribution in [0, 0.1) is 0 Å². The molecule has 1 heterocycles. The fourth-order valence-electron chi connectivity index (χ4n) is 1.26. The van der Waals surface area contributed by atoms with Gasteiger partial charge in [-0.3, -0.25) is 0 Å². The minimum atomic E-state index is 0.346. The van der Waals surface area contributed by atoms with Gasteiger partial charge in [-0.15, -0.1) is 0 Å². The fourth-order valence-corrected chi connectivity index (χ4v) is 1.38. The van der Waals surface area contributed by atoms with Crippen LogP contribution < -0.4 is 0 Å². The summed E-state index contributed by atoms with van der Waals surface area (Å²) in [5, 5.41) is 5.10. The summed E-state index contributed by atoms with van der Waals surface area (Å²) in [6, 6.07) is 7.52. The number of hydrogen-bond acceptors (Lipinski definition) is 2. The number of nitrogens with zero attached hydrogens (tertiary/aromatic N) is 3. The average Bonchev–Trinajstić information content (AvgIpc) is 2.68. The smallest absolute Gasteiger partial charge is 0.153 e. The first-order chi connectivity index (χ1) is 7.16. The molecule has 0 bridgehead atoms. The molecule has 0 saturated carbocycles. The Labute approximate surface area is 93.7 Å². The minimum Gasteiger partial charge on any atom is -0.221 e. The lowest BCUT2D eigenvalue weighted by atomic mass is 10.2. The van der Waals surface area contributed by atoms with E-state index in [-0.39, 0.29) is 0 Å². The van der Waals surface area contributed by atoms with Crippen LogP contribution in [-0.2, 0) is 0 Å². The van der Waals surface area contributed by atoms with Gasteiger partial charge in [0.25, 0.3) is 0 Å². The van der Waals surface area contributed by atoms with E-state index in [1.54, 1.807) is 11.0 Å². The third-order valence-electron chi connectivity index (χ3n) is 2.12. The highest BCUT2D eigenvalue weighted by Crippen LogP contribution is 2.14. The van der Waals surface area contributed by atoms with Crippen molar-refractivity contribution in [3.63, 3.8) is 0 Å². The molecular weight excluding hydrogens is 210 g/mol. The van der Waals surface area contributed by atoms with Gasteiger partial charge in [0.1, 0.15) is 6.33 Å². The summed E-state index contributed by atoms with van der Waals surface area (Å²) in [4.78, 5) is 4.23. The lowest BCUT2D eigenvalue weighted by Crippen LogP contribution is -1.96.